The normalized spacial score (nSPS) is 11.0. The van der Waals surface area contributed by atoms with E-state index in [0.29, 0.717) is 11.1 Å². The van der Waals surface area contributed by atoms with Gasteiger partial charge >= 0.3 is 0 Å². The number of halogens is 1. The lowest BCUT2D eigenvalue weighted by Gasteiger charge is -2.15. The number of sulfonamides is 1. The fraction of sp³-hybridized carbons (Fsp3) is 0.0588. The van der Waals surface area contributed by atoms with E-state index in [2.05, 4.69) is 17.9 Å². The van der Waals surface area contributed by atoms with Crippen LogP contribution in [0.3, 0.4) is 0 Å². The average molecular weight is 350 g/mol. The van der Waals surface area contributed by atoms with Crippen LogP contribution in [0.25, 0.3) is 12.2 Å². The molecule has 0 aliphatic heterocycles. The van der Waals surface area contributed by atoms with Gasteiger partial charge in [-0.25, -0.2) is 8.42 Å². The summed E-state index contributed by atoms with van der Waals surface area (Å²) < 4.78 is 27.5. The fourth-order valence-corrected chi connectivity index (χ4v) is 3.39. The van der Waals surface area contributed by atoms with Crippen LogP contribution in [0.4, 0.5) is 5.69 Å². The van der Waals surface area contributed by atoms with Crippen LogP contribution >= 0.6 is 11.6 Å². The van der Waals surface area contributed by atoms with Crippen LogP contribution in [-0.4, -0.2) is 13.5 Å². The summed E-state index contributed by atoms with van der Waals surface area (Å²) in [6.07, 6.45) is 2.82. The van der Waals surface area contributed by atoms with Crippen molar-refractivity contribution in [1.29, 1.82) is 0 Å². The molecule has 2 aromatic rings. The smallest absolute Gasteiger partial charge is 0.261 e. The molecule has 0 heterocycles. The van der Waals surface area contributed by atoms with E-state index < -0.39 is 10.0 Å². The Morgan fingerprint density at radius 1 is 1.13 bits per heavy atom. The molecule has 0 saturated heterocycles. The topological polar surface area (TPSA) is 66.4 Å². The fourth-order valence-electron chi connectivity index (χ4n) is 2.11. The minimum Gasteiger partial charge on any atom is -0.506 e. The van der Waals surface area contributed by atoms with Crippen molar-refractivity contribution in [3.63, 3.8) is 0 Å². The van der Waals surface area contributed by atoms with E-state index in [0.717, 1.165) is 5.56 Å². The van der Waals surface area contributed by atoms with Crippen LogP contribution < -0.4 is 4.72 Å². The van der Waals surface area contributed by atoms with Gasteiger partial charge in [-0.15, -0.1) is 0 Å². The molecule has 0 aromatic heterocycles. The largest absolute Gasteiger partial charge is 0.506 e. The highest BCUT2D eigenvalue weighted by atomic mass is 35.5. The van der Waals surface area contributed by atoms with E-state index in [4.69, 9.17) is 11.6 Å². The predicted octanol–water partition coefficient (Wildman–Crippen LogP) is 4.44. The number of benzene rings is 2. The summed E-state index contributed by atoms with van der Waals surface area (Å²) in [5.74, 6) is -0.171. The molecule has 2 rings (SSSR count). The van der Waals surface area contributed by atoms with Gasteiger partial charge in [-0.1, -0.05) is 54.6 Å². The Labute approximate surface area is 140 Å². The molecule has 0 radical (unpaired) electrons. The van der Waals surface area contributed by atoms with Crippen molar-refractivity contribution in [1.82, 2.24) is 0 Å². The Hall–Kier alpha value is -2.24. The van der Waals surface area contributed by atoms with Gasteiger partial charge in [0.25, 0.3) is 10.0 Å². The lowest BCUT2D eigenvalue weighted by atomic mass is 10.0. The maximum Gasteiger partial charge on any atom is 0.261 e. The van der Waals surface area contributed by atoms with Crippen molar-refractivity contribution in [3.8, 4) is 5.75 Å². The van der Waals surface area contributed by atoms with Crippen LogP contribution in [0.5, 0.6) is 5.75 Å². The molecule has 120 valence electrons. The monoisotopic (exact) mass is 349 g/mol. The quantitative estimate of drug-likeness (QED) is 0.784. The Morgan fingerprint density at radius 3 is 2.22 bits per heavy atom. The first-order valence-corrected chi connectivity index (χ1v) is 8.56. The molecule has 0 aliphatic carbocycles. The van der Waals surface area contributed by atoms with Gasteiger partial charge in [0.2, 0.25) is 0 Å². The zero-order chi connectivity index (χ0) is 17.2. The number of hydrogen-bond acceptors (Lipinski definition) is 3. The maximum absolute atomic E-state index is 12.5. The van der Waals surface area contributed by atoms with Gasteiger partial charge in [0, 0.05) is 11.1 Å². The third-order valence-corrected chi connectivity index (χ3v) is 4.99. The number of hydrogen-bond donors (Lipinski definition) is 2. The van der Waals surface area contributed by atoms with Crippen molar-refractivity contribution in [2.45, 2.75) is 11.8 Å². The third kappa shape index (κ3) is 3.41. The summed E-state index contributed by atoms with van der Waals surface area (Å²) in [6, 6.07) is 7.79. The molecule has 0 unspecified atom stereocenters. The van der Waals surface area contributed by atoms with Gasteiger partial charge in [-0.05, 0) is 25.1 Å². The molecular formula is C17H16ClNO3S. The van der Waals surface area contributed by atoms with Crippen LogP contribution in [0, 0.1) is 6.92 Å². The minimum absolute atomic E-state index is 0.0205. The summed E-state index contributed by atoms with van der Waals surface area (Å²) in [4.78, 5) is 0.127. The molecule has 0 spiro atoms. The predicted molar refractivity (Wildman–Crippen MR) is 95.3 cm³/mol. The molecule has 0 amide bonds. The summed E-state index contributed by atoms with van der Waals surface area (Å²) in [5.41, 5.74) is 1.89. The molecule has 0 saturated carbocycles. The second kappa shape index (κ2) is 6.48. The molecule has 0 aliphatic rings. The molecule has 23 heavy (non-hydrogen) atoms. The zero-order valence-electron chi connectivity index (χ0n) is 12.5. The molecule has 0 atom stereocenters. The zero-order valence-corrected chi connectivity index (χ0v) is 14.1. The number of phenolic OH excluding ortho intramolecular Hbond substituents is 1. The van der Waals surface area contributed by atoms with Gasteiger partial charge in [-0.3, -0.25) is 4.72 Å². The van der Waals surface area contributed by atoms with Crippen molar-refractivity contribution < 1.29 is 13.5 Å². The molecule has 2 aromatic carbocycles. The third-order valence-electron chi connectivity index (χ3n) is 3.32. The van der Waals surface area contributed by atoms with Gasteiger partial charge in [0.05, 0.1) is 15.6 Å². The molecule has 2 N–H and O–H groups in total. The SMILES string of the molecule is C=Cc1c(NS(=O)(=O)c2ccc(C)cc2)cc(Cl)c(O)c1C=C. The summed E-state index contributed by atoms with van der Waals surface area (Å²) in [6.45, 7) is 9.12. The van der Waals surface area contributed by atoms with E-state index in [1.807, 2.05) is 6.92 Å². The lowest BCUT2D eigenvalue weighted by Crippen LogP contribution is -2.14. The number of anilines is 1. The molecule has 0 bridgehead atoms. The summed E-state index contributed by atoms with van der Waals surface area (Å²) in [7, 11) is -3.79. The number of aryl methyl sites for hydroxylation is 1. The first-order chi connectivity index (χ1) is 10.8. The number of nitrogens with one attached hydrogen (secondary N) is 1. The van der Waals surface area contributed by atoms with Crippen molar-refractivity contribution in [2.75, 3.05) is 4.72 Å². The van der Waals surface area contributed by atoms with Crippen molar-refractivity contribution >= 4 is 39.5 Å². The minimum atomic E-state index is -3.79. The number of phenols is 1. The highest BCUT2D eigenvalue weighted by Crippen LogP contribution is 2.37. The molecule has 6 heteroatoms. The summed E-state index contributed by atoms with van der Waals surface area (Å²) >= 11 is 5.96. The second-order valence-electron chi connectivity index (χ2n) is 4.91. The number of rotatable bonds is 5. The standard InChI is InChI=1S/C17H16ClNO3S/c1-4-13-14(5-2)17(20)15(18)10-16(13)19-23(21,22)12-8-6-11(3)7-9-12/h4-10,19-20H,1-2H2,3H3. The second-order valence-corrected chi connectivity index (χ2v) is 7.00. The van der Waals surface area contributed by atoms with Crippen molar-refractivity contribution in [3.05, 3.63) is 65.2 Å². The average Bonchev–Trinajstić information content (AvgIpc) is 2.50. The Morgan fingerprint density at radius 2 is 1.70 bits per heavy atom. The van der Waals surface area contributed by atoms with Crippen LogP contribution in [-0.2, 0) is 10.0 Å². The van der Waals surface area contributed by atoms with E-state index in [1.165, 1.54) is 30.4 Å². The van der Waals surface area contributed by atoms with Gasteiger partial charge in [0.15, 0.2) is 0 Å². The molecular weight excluding hydrogens is 334 g/mol. The van der Waals surface area contributed by atoms with Crippen molar-refractivity contribution in [2.24, 2.45) is 0 Å². The number of aromatic hydroxyl groups is 1. The highest BCUT2D eigenvalue weighted by Gasteiger charge is 2.19. The lowest BCUT2D eigenvalue weighted by molar-refractivity contribution is 0.474. The van der Waals surface area contributed by atoms with Gasteiger partial charge in [-0.2, -0.15) is 0 Å². The van der Waals surface area contributed by atoms with Crippen LogP contribution in [0.1, 0.15) is 16.7 Å². The van der Waals surface area contributed by atoms with Gasteiger partial charge < -0.3 is 5.11 Å². The molecule has 0 fully saturated rings. The Balaban J connectivity index is 2.55. The van der Waals surface area contributed by atoms with Crippen LogP contribution in [0.2, 0.25) is 5.02 Å². The summed E-state index contributed by atoms with van der Waals surface area (Å²) in [5, 5.41) is 9.97. The highest BCUT2D eigenvalue weighted by molar-refractivity contribution is 7.92. The maximum atomic E-state index is 12.5. The van der Waals surface area contributed by atoms with Gasteiger partial charge in [0.1, 0.15) is 5.75 Å². The van der Waals surface area contributed by atoms with Crippen LogP contribution in [0.15, 0.2) is 48.4 Å². The van der Waals surface area contributed by atoms with E-state index in [1.54, 1.807) is 12.1 Å². The van der Waals surface area contributed by atoms with E-state index in [9.17, 15) is 13.5 Å². The Kier molecular flexibility index (Phi) is 4.82. The Bertz CT molecular complexity index is 872. The first-order valence-electron chi connectivity index (χ1n) is 6.70. The molecule has 4 nitrogen and oxygen atoms in total. The van der Waals surface area contributed by atoms with E-state index in [-0.39, 0.29) is 21.4 Å². The van der Waals surface area contributed by atoms with E-state index >= 15 is 0 Å². The first kappa shape index (κ1) is 17.1.